The SMILES string of the molecule is CC=CCl.OO. The summed E-state index contributed by atoms with van der Waals surface area (Å²) < 4.78 is 0. The maximum atomic E-state index is 6.00. The molecular weight excluding hydrogens is 103 g/mol. The molecular formula is C3H7ClO2. The molecule has 0 spiro atoms. The minimum absolute atomic E-state index is 1.47. The van der Waals surface area contributed by atoms with Crippen molar-refractivity contribution in [3.8, 4) is 0 Å². The molecule has 0 rings (SSSR count). The van der Waals surface area contributed by atoms with Gasteiger partial charge in [-0.2, -0.15) is 0 Å². The van der Waals surface area contributed by atoms with Gasteiger partial charge in [0, 0.05) is 0 Å². The van der Waals surface area contributed by atoms with Gasteiger partial charge in [-0.3, -0.25) is 10.5 Å². The first-order chi connectivity index (χ1) is 2.91. The predicted octanol–water partition coefficient (Wildman–Crippen LogP) is 1.78. The van der Waals surface area contributed by atoms with Crippen LogP contribution in [-0.4, -0.2) is 10.5 Å². The fourth-order valence-corrected chi connectivity index (χ4v) is 0. The Morgan fingerprint density at radius 3 is 1.67 bits per heavy atom. The lowest BCUT2D eigenvalue weighted by atomic mass is 10.8. The van der Waals surface area contributed by atoms with Crippen molar-refractivity contribution in [3.05, 3.63) is 11.6 Å². The molecule has 0 aliphatic carbocycles. The first-order valence-electron chi connectivity index (χ1n) is 1.33. The second-order valence-corrected chi connectivity index (χ2v) is 0.711. The van der Waals surface area contributed by atoms with Gasteiger partial charge in [0.15, 0.2) is 0 Å². The summed E-state index contributed by atoms with van der Waals surface area (Å²) >= 11 is 5.01. The average Bonchev–Trinajstić information content (AvgIpc) is 1.72. The van der Waals surface area contributed by atoms with Crippen LogP contribution in [0.5, 0.6) is 0 Å². The van der Waals surface area contributed by atoms with E-state index in [1.54, 1.807) is 6.08 Å². The van der Waals surface area contributed by atoms with E-state index in [9.17, 15) is 0 Å². The quantitative estimate of drug-likeness (QED) is 0.369. The predicted molar refractivity (Wildman–Crippen MR) is 25.9 cm³/mol. The summed E-state index contributed by atoms with van der Waals surface area (Å²) in [6.07, 6.45) is 1.77. The van der Waals surface area contributed by atoms with Crippen LogP contribution < -0.4 is 0 Å². The molecule has 0 aromatic heterocycles. The molecule has 2 nitrogen and oxygen atoms in total. The van der Waals surface area contributed by atoms with Gasteiger partial charge in [0.05, 0.1) is 0 Å². The molecule has 0 unspecified atom stereocenters. The van der Waals surface area contributed by atoms with E-state index in [-0.39, 0.29) is 0 Å². The van der Waals surface area contributed by atoms with Crippen LogP contribution in [0.3, 0.4) is 0 Å². The van der Waals surface area contributed by atoms with E-state index in [0.29, 0.717) is 0 Å². The number of rotatable bonds is 0. The maximum absolute atomic E-state index is 6.00. The molecule has 0 radical (unpaired) electrons. The van der Waals surface area contributed by atoms with E-state index in [1.807, 2.05) is 6.92 Å². The van der Waals surface area contributed by atoms with E-state index in [0.717, 1.165) is 0 Å². The lowest BCUT2D eigenvalue weighted by molar-refractivity contribution is -0.176. The second-order valence-electron chi connectivity index (χ2n) is 0.459. The van der Waals surface area contributed by atoms with Gasteiger partial charge >= 0.3 is 0 Å². The van der Waals surface area contributed by atoms with E-state index < -0.39 is 0 Å². The minimum Gasteiger partial charge on any atom is -0.255 e. The Morgan fingerprint density at radius 2 is 1.67 bits per heavy atom. The zero-order valence-corrected chi connectivity index (χ0v) is 4.18. The Kier molecular flexibility index (Phi) is 31.6. The molecule has 0 aliphatic rings. The molecule has 2 N–H and O–H groups in total. The standard InChI is InChI=1S/C3H5Cl.H2O2/c1-2-3-4;1-2/h2-3H,1H3;1-2H. The van der Waals surface area contributed by atoms with Crippen molar-refractivity contribution in [2.45, 2.75) is 6.92 Å². The molecule has 0 heterocycles. The van der Waals surface area contributed by atoms with Crippen LogP contribution >= 0.6 is 11.6 Å². The highest BCUT2D eigenvalue weighted by atomic mass is 35.5. The van der Waals surface area contributed by atoms with Gasteiger partial charge in [-0.25, -0.2) is 0 Å². The largest absolute Gasteiger partial charge is 0.255 e. The second kappa shape index (κ2) is 20.3. The van der Waals surface area contributed by atoms with Gasteiger partial charge in [0.2, 0.25) is 0 Å². The van der Waals surface area contributed by atoms with Crippen LogP contribution in [-0.2, 0) is 0 Å². The summed E-state index contributed by atoms with van der Waals surface area (Å²) in [5.41, 5.74) is 1.47. The third kappa shape index (κ3) is 38.1. The first kappa shape index (κ1) is 9.34. The third-order valence-electron chi connectivity index (χ3n) is 0.126. The number of hydrogen-bond donors (Lipinski definition) is 2. The van der Waals surface area contributed by atoms with Gasteiger partial charge < -0.3 is 0 Å². The number of allylic oxidation sites excluding steroid dienone is 1. The Morgan fingerprint density at radius 1 is 1.50 bits per heavy atom. The van der Waals surface area contributed by atoms with Crippen molar-refractivity contribution < 1.29 is 10.5 Å². The molecule has 0 saturated carbocycles. The fraction of sp³-hybridized carbons (Fsp3) is 0.333. The van der Waals surface area contributed by atoms with Gasteiger partial charge in [0.25, 0.3) is 0 Å². The van der Waals surface area contributed by atoms with Crippen LogP contribution in [0.1, 0.15) is 6.92 Å². The fourth-order valence-electron chi connectivity index (χ4n) is 0. The molecule has 3 heteroatoms. The van der Waals surface area contributed by atoms with Crippen molar-refractivity contribution in [3.63, 3.8) is 0 Å². The van der Waals surface area contributed by atoms with E-state index in [1.165, 1.54) is 5.54 Å². The Bertz CT molecular complexity index is 24.0. The van der Waals surface area contributed by atoms with Gasteiger partial charge in [-0.15, -0.1) is 0 Å². The van der Waals surface area contributed by atoms with Crippen LogP contribution in [0.2, 0.25) is 0 Å². The highest BCUT2D eigenvalue weighted by molar-refractivity contribution is 6.25. The molecule has 0 aromatic rings. The molecule has 0 aliphatic heterocycles. The lowest BCUT2D eigenvalue weighted by Gasteiger charge is -1.46. The van der Waals surface area contributed by atoms with Crippen molar-refractivity contribution in [1.29, 1.82) is 0 Å². The average molecular weight is 111 g/mol. The topological polar surface area (TPSA) is 40.5 Å². The highest BCUT2D eigenvalue weighted by Crippen LogP contribution is 1.70. The van der Waals surface area contributed by atoms with Crippen molar-refractivity contribution >= 4 is 11.6 Å². The van der Waals surface area contributed by atoms with E-state index >= 15 is 0 Å². The zero-order chi connectivity index (χ0) is 5.41. The molecule has 0 fully saturated rings. The highest BCUT2D eigenvalue weighted by Gasteiger charge is 1.37. The third-order valence-corrected chi connectivity index (χ3v) is 0.378. The van der Waals surface area contributed by atoms with Crippen molar-refractivity contribution in [1.82, 2.24) is 0 Å². The van der Waals surface area contributed by atoms with Gasteiger partial charge in [-0.05, 0) is 12.5 Å². The number of hydrogen-bond acceptors (Lipinski definition) is 2. The lowest BCUT2D eigenvalue weighted by Crippen LogP contribution is -1.29. The normalized spacial score (nSPS) is 7.33. The summed E-state index contributed by atoms with van der Waals surface area (Å²) in [6, 6.07) is 0. The minimum atomic E-state index is 1.47. The van der Waals surface area contributed by atoms with E-state index in [4.69, 9.17) is 22.1 Å². The Balaban J connectivity index is 0. The van der Waals surface area contributed by atoms with Crippen LogP contribution in [0, 0.1) is 0 Å². The zero-order valence-electron chi connectivity index (χ0n) is 3.43. The summed E-state index contributed by atoms with van der Waals surface area (Å²) in [5, 5.41) is 12.0. The molecule has 0 amide bonds. The molecule has 0 bridgehead atoms. The summed E-state index contributed by atoms with van der Waals surface area (Å²) in [7, 11) is 0. The van der Waals surface area contributed by atoms with E-state index in [2.05, 4.69) is 0 Å². The van der Waals surface area contributed by atoms with Crippen LogP contribution in [0.15, 0.2) is 11.6 Å². The summed E-state index contributed by atoms with van der Waals surface area (Å²) in [6.45, 7) is 1.87. The van der Waals surface area contributed by atoms with Crippen molar-refractivity contribution in [2.24, 2.45) is 0 Å². The summed E-state index contributed by atoms with van der Waals surface area (Å²) in [4.78, 5) is 0. The molecule has 6 heavy (non-hydrogen) atoms. The summed E-state index contributed by atoms with van der Waals surface area (Å²) in [5.74, 6) is 0. The molecule has 0 saturated heterocycles. The smallest absolute Gasteiger partial charge is 0.0000330 e. The first-order valence-corrected chi connectivity index (χ1v) is 1.77. The maximum Gasteiger partial charge on any atom is -0.0000330 e. The van der Waals surface area contributed by atoms with Crippen LogP contribution in [0.4, 0.5) is 0 Å². The molecule has 0 atom stereocenters. The van der Waals surface area contributed by atoms with Gasteiger partial charge in [-0.1, -0.05) is 17.7 Å². The monoisotopic (exact) mass is 110 g/mol. The van der Waals surface area contributed by atoms with Crippen molar-refractivity contribution in [2.75, 3.05) is 0 Å². The van der Waals surface area contributed by atoms with Gasteiger partial charge in [0.1, 0.15) is 0 Å². The Hall–Kier alpha value is -0.0500. The number of halogens is 1. The van der Waals surface area contributed by atoms with Crippen LogP contribution in [0.25, 0.3) is 0 Å². The Labute approximate surface area is 41.6 Å². The molecule has 38 valence electrons. The molecule has 0 aromatic carbocycles.